The number of nitrogens with zero attached hydrogens (tertiary/aromatic N) is 5. The number of hydrogen-bond acceptors (Lipinski definition) is 6. The Morgan fingerprint density at radius 2 is 2.18 bits per heavy atom. The standard InChI is InChI=1S/C20H22N6OS/c1-13-8-16(24-28-13)19(27)23-17-9-20(26-7-6-22-18(17)26)11-25(12-20)10-15-4-3-5-21-14(15)2/h3-8,17H,9-12H2,1-2H3,(H,23,27). The van der Waals surface area contributed by atoms with Crippen LogP contribution >= 0.6 is 11.5 Å². The highest BCUT2D eigenvalue weighted by Crippen LogP contribution is 2.45. The van der Waals surface area contributed by atoms with E-state index in [1.165, 1.54) is 17.1 Å². The first kappa shape index (κ1) is 17.5. The predicted molar refractivity (Wildman–Crippen MR) is 106 cm³/mol. The molecule has 5 rings (SSSR count). The van der Waals surface area contributed by atoms with E-state index < -0.39 is 0 Å². The van der Waals surface area contributed by atoms with E-state index in [0.29, 0.717) is 5.69 Å². The van der Waals surface area contributed by atoms with E-state index in [0.717, 1.165) is 42.5 Å². The fourth-order valence-corrected chi connectivity index (χ4v) is 5.01. The number of aryl methyl sites for hydroxylation is 2. The second kappa shape index (κ2) is 6.49. The van der Waals surface area contributed by atoms with Crippen LogP contribution in [0.3, 0.4) is 0 Å². The molecule has 1 spiro atoms. The summed E-state index contributed by atoms with van der Waals surface area (Å²) in [5, 5.41) is 3.14. The van der Waals surface area contributed by atoms with Crippen LogP contribution < -0.4 is 5.32 Å². The summed E-state index contributed by atoms with van der Waals surface area (Å²) < 4.78 is 6.49. The Hall–Kier alpha value is -2.58. The molecule has 1 amide bonds. The van der Waals surface area contributed by atoms with Gasteiger partial charge in [-0.1, -0.05) is 6.07 Å². The lowest BCUT2D eigenvalue weighted by molar-refractivity contribution is 0.00731. The van der Waals surface area contributed by atoms with Crippen molar-refractivity contribution in [3.05, 3.63) is 64.4 Å². The number of likely N-dealkylation sites (tertiary alicyclic amines) is 1. The van der Waals surface area contributed by atoms with Crippen LogP contribution in [-0.2, 0) is 12.1 Å². The van der Waals surface area contributed by atoms with Crippen molar-refractivity contribution in [1.82, 2.24) is 29.1 Å². The molecule has 0 bridgehead atoms. The zero-order chi connectivity index (χ0) is 19.3. The van der Waals surface area contributed by atoms with Crippen LogP contribution in [0.4, 0.5) is 0 Å². The molecule has 2 aliphatic heterocycles. The zero-order valence-electron chi connectivity index (χ0n) is 15.9. The van der Waals surface area contributed by atoms with Crippen molar-refractivity contribution in [2.75, 3.05) is 13.1 Å². The van der Waals surface area contributed by atoms with Gasteiger partial charge >= 0.3 is 0 Å². The van der Waals surface area contributed by atoms with E-state index in [2.05, 4.69) is 42.1 Å². The first-order valence-electron chi connectivity index (χ1n) is 9.45. The second-order valence-electron chi connectivity index (χ2n) is 7.83. The maximum Gasteiger partial charge on any atom is 0.271 e. The smallest absolute Gasteiger partial charge is 0.271 e. The van der Waals surface area contributed by atoms with Crippen molar-refractivity contribution in [2.45, 2.75) is 38.4 Å². The Labute approximate surface area is 167 Å². The van der Waals surface area contributed by atoms with Gasteiger partial charge < -0.3 is 9.88 Å². The Morgan fingerprint density at radius 3 is 2.93 bits per heavy atom. The molecule has 1 N–H and O–H groups in total. The summed E-state index contributed by atoms with van der Waals surface area (Å²) in [7, 11) is 0. The van der Waals surface area contributed by atoms with Crippen LogP contribution in [0, 0.1) is 13.8 Å². The maximum atomic E-state index is 12.6. The number of carbonyl (C=O) groups is 1. The van der Waals surface area contributed by atoms with Gasteiger partial charge in [0.25, 0.3) is 5.91 Å². The summed E-state index contributed by atoms with van der Waals surface area (Å²) >= 11 is 1.35. The van der Waals surface area contributed by atoms with Gasteiger partial charge in [-0.3, -0.25) is 14.7 Å². The molecule has 0 radical (unpaired) electrons. The monoisotopic (exact) mass is 394 g/mol. The summed E-state index contributed by atoms with van der Waals surface area (Å²) in [6.07, 6.45) is 6.58. The van der Waals surface area contributed by atoms with E-state index in [9.17, 15) is 4.79 Å². The molecule has 1 saturated heterocycles. The number of pyridine rings is 1. The number of carbonyl (C=O) groups excluding carboxylic acids is 1. The van der Waals surface area contributed by atoms with Crippen LogP contribution in [0.2, 0.25) is 0 Å². The molecule has 7 nitrogen and oxygen atoms in total. The number of nitrogens with one attached hydrogen (secondary N) is 1. The Morgan fingerprint density at radius 1 is 1.32 bits per heavy atom. The largest absolute Gasteiger partial charge is 0.341 e. The van der Waals surface area contributed by atoms with E-state index in [4.69, 9.17) is 0 Å². The number of imidazole rings is 1. The van der Waals surface area contributed by atoms with Gasteiger partial charge in [0.15, 0.2) is 0 Å². The molecule has 0 saturated carbocycles. The number of amides is 1. The first-order chi connectivity index (χ1) is 13.5. The van der Waals surface area contributed by atoms with Crippen molar-refractivity contribution >= 4 is 17.4 Å². The summed E-state index contributed by atoms with van der Waals surface area (Å²) in [4.78, 5) is 25.0. The number of rotatable bonds is 4. The van der Waals surface area contributed by atoms with Crippen LogP contribution in [0.1, 0.15) is 44.9 Å². The third kappa shape index (κ3) is 2.84. The fraction of sp³-hybridized carbons (Fsp3) is 0.400. The van der Waals surface area contributed by atoms with Crippen LogP contribution in [0.25, 0.3) is 0 Å². The lowest BCUT2D eigenvalue weighted by atomic mass is 9.85. The Bertz CT molecular complexity index is 1030. The third-order valence-corrected chi connectivity index (χ3v) is 6.48. The van der Waals surface area contributed by atoms with Gasteiger partial charge in [-0.2, -0.15) is 4.37 Å². The minimum absolute atomic E-state index is 0.0118. The first-order valence-corrected chi connectivity index (χ1v) is 10.2. The Kier molecular flexibility index (Phi) is 4.06. The molecule has 1 atom stereocenters. The fourth-order valence-electron chi connectivity index (χ4n) is 4.47. The van der Waals surface area contributed by atoms with Crippen LogP contribution in [0.5, 0.6) is 0 Å². The lowest BCUT2D eigenvalue weighted by Gasteiger charge is -2.49. The molecule has 1 fully saturated rings. The molecule has 2 aliphatic rings. The topological polar surface area (TPSA) is 75.9 Å². The summed E-state index contributed by atoms with van der Waals surface area (Å²) in [5.41, 5.74) is 2.86. The van der Waals surface area contributed by atoms with Crippen molar-refractivity contribution in [1.29, 1.82) is 0 Å². The van der Waals surface area contributed by atoms with Gasteiger partial charge in [0.1, 0.15) is 11.5 Å². The number of hydrogen-bond donors (Lipinski definition) is 1. The summed E-state index contributed by atoms with van der Waals surface area (Å²) in [6.45, 7) is 6.82. The van der Waals surface area contributed by atoms with Crippen molar-refractivity contribution in [3.8, 4) is 0 Å². The molecule has 144 valence electrons. The molecule has 3 aromatic heterocycles. The van der Waals surface area contributed by atoms with Crippen molar-refractivity contribution in [2.24, 2.45) is 0 Å². The molecule has 28 heavy (non-hydrogen) atoms. The zero-order valence-corrected chi connectivity index (χ0v) is 16.7. The SMILES string of the molecule is Cc1cc(C(=O)NC2CC3(CN(Cc4cccnc4C)C3)n3ccnc32)ns1. The molecule has 1 unspecified atom stereocenters. The summed E-state index contributed by atoms with van der Waals surface area (Å²) in [6, 6.07) is 5.89. The van der Waals surface area contributed by atoms with Gasteiger partial charge in [0.2, 0.25) is 0 Å². The highest BCUT2D eigenvalue weighted by molar-refractivity contribution is 7.05. The van der Waals surface area contributed by atoms with Crippen molar-refractivity contribution in [3.63, 3.8) is 0 Å². The van der Waals surface area contributed by atoms with E-state index in [-0.39, 0.29) is 17.5 Å². The third-order valence-electron chi connectivity index (χ3n) is 5.79. The van der Waals surface area contributed by atoms with E-state index >= 15 is 0 Å². The quantitative estimate of drug-likeness (QED) is 0.736. The van der Waals surface area contributed by atoms with Gasteiger partial charge in [0, 0.05) is 55.2 Å². The molecule has 5 heterocycles. The molecule has 8 heteroatoms. The van der Waals surface area contributed by atoms with Gasteiger partial charge in [-0.15, -0.1) is 0 Å². The predicted octanol–water partition coefficient (Wildman–Crippen LogP) is 2.44. The molecule has 0 aliphatic carbocycles. The number of fused-ring (bicyclic) bond motifs is 2. The van der Waals surface area contributed by atoms with Gasteiger partial charge in [0.05, 0.1) is 11.6 Å². The average molecular weight is 395 g/mol. The van der Waals surface area contributed by atoms with Gasteiger partial charge in [-0.25, -0.2) is 4.98 Å². The Balaban J connectivity index is 1.29. The lowest BCUT2D eigenvalue weighted by Crippen LogP contribution is -2.60. The van der Waals surface area contributed by atoms with Crippen LogP contribution in [-0.4, -0.2) is 42.8 Å². The van der Waals surface area contributed by atoms with E-state index in [1.807, 2.05) is 37.6 Å². The molecular formula is C20H22N6OS. The van der Waals surface area contributed by atoms with Crippen molar-refractivity contribution < 1.29 is 4.79 Å². The van der Waals surface area contributed by atoms with Crippen LogP contribution in [0.15, 0.2) is 36.8 Å². The minimum Gasteiger partial charge on any atom is -0.341 e. The molecule has 3 aromatic rings. The van der Waals surface area contributed by atoms with E-state index in [1.54, 1.807) is 0 Å². The maximum absolute atomic E-state index is 12.6. The average Bonchev–Trinajstić information content (AvgIpc) is 3.34. The minimum atomic E-state index is -0.122. The number of aromatic nitrogens is 4. The highest BCUT2D eigenvalue weighted by Gasteiger charge is 2.52. The highest BCUT2D eigenvalue weighted by atomic mass is 32.1. The normalized spacial score (nSPS) is 20.1. The van der Waals surface area contributed by atoms with Gasteiger partial charge in [-0.05, 0) is 43.1 Å². The molecule has 0 aromatic carbocycles. The summed E-state index contributed by atoms with van der Waals surface area (Å²) in [5.74, 6) is 0.820. The molecular weight excluding hydrogens is 372 g/mol. The second-order valence-corrected chi connectivity index (χ2v) is 8.83.